The second kappa shape index (κ2) is 9.55. The van der Waals surface area contributed by atoms with Crippen LogP contribution in [0.15, 0.2) is 48.8 Å². The molecule has 1 saturated heterocycles. The van der Waals surface area contributed by atoms with Gasteiger partial charge < -0.3 is 14.6 Å². The van der Waals surface area contributed by atoms with Crippen molar-refractivity contribution in [3.63, 3.8) is 0 Å². The number of ether oxygens (including phenoxy) is 1. The molecule has 2 heterocycles. The van der Waals surface area contributed by atoms with Crippen molar-refractivity contribution in [2.24, 2.45) is 13.0 Å². The van der Waals surface area contributed by atoms with Crippen LogP contribution in [0.5, 0.6) is 0 Å². The van der Waals surface area contributed by atoms with Crippen LogP contribution >= 0.6 is 0 Å². The van der Waals surface area contributed by atoms with Gasteiger partial charge in [0.15, 0.2) is 0 Å². The maximum atomic E-state index is 13.3. The molecule has 8 heteroatoms. The van der Waals surface area contributed by atoms with E-state index in [9.17, 15) is 14.9 Å². The van der Waals surface area contributed by atoms with Gasteiger partial charge >= 0.3 is 6.09 Å². The number of fused-ring (bicyclic) bond motifs is 3. The molecule has 5 rings (SSSR count). The third-order valence-corrected chi connectivity index (χ3v) is 7.38. The maximum Gasteiger partial charge on any atom is 0.411 e. The number of nitrogens with zero attached hydrogens (tertiary/aromatic N) is 4. The van der Waals surface area contributed by atoms with Crippen LogP contribution in [0.3, 0.4) is 0 Å². The van der Waals surface area contributed by atoms with Crippen molar-refractivity contribution in [1.29, 1.82) is 5.26 Å². The van der Waals surface area contributed by atoms with Gasteiger partial charge in [-0.2, -0.15) is 5.26 Å². The van der Waals surface area contributed by atoms with Crippen molar-refractivity contribution in [3.8, 4) is 17.2 Å². The van der Waals surface area contributed by atoms with E-state index in [0.29, 0.717) is 6.42 Å². The van der Waals surface area contributed by atoms with Gasteiger partial charge in [0.05, 0.1) is 23.4 Å². The highest BCUT2D eigenvalue weighted by molar-refractivity contribution is 5.87. The molecule has 1 saturated carbocycles. The maximum absolute atomic E-state index is 13.3. The van der Waals surface area contributed by atoms with E-state index in [-0.39, 0.29) is 17.9 Å². The van der Waals surface area contributed by atoms with Gasteiger partial charge in [-0.3, -0.25) is 9.69 Å². The monoisotopic (exact) mass is 499 g/mol. The molecule has 8 nitrogen and oxygen atoms in total. The fourth-order valence-corrected chi connectivity index (χ4v) is 5.67. The highest BCUT2D eigenvalue weighted by Crippen LogP contribution is 2.43. The molecule has 2 aromatic carbocycles. The number of hydrogen-bond donors (Lipinski definition) is 1. The van der Waals surface area contributed by atoms with Gasteiger partial charge in [-0.1, -0.05) is 30.3 Å². The van der Waals surface area contributed by atoms with Crippen LogP contribution in [0.4, 0.5) is 4.79 Å². The Morgan fingerprint density at radius 3 is 2.59 bits per heavy atom. The number of nitriles is 1. The van der Waals surface area contributed by atoms with Crippen molar-refractivity contribution in [3.05, 3.63) is 54.4 Å². The molecule has 1 aromatic heterocycles. The van der Waals surface area contributed by atoms with Crippen molar-refractivity contribution < 1.29 is 14.3 Å². The van der Waals surface area contributed by atoms with Crippen LogP contribution in [-0.4, -0.2) is 50.2 Å². The molecule has 1 aliphatic heterocycles. The van der Waals surface area contributed by atoms with Gasteiger partial charge in [0.1, 0.15) is 17.7 Å². The van der Waals surface area contributed by atoms with Crippen molar-refractivity contribution in [2.75, 3.05) is 0 Å². The van der Waals surface area contributed by atoms with Crippen molar-refractivity contribution in [2.45, 2.75) is 70.2 Å². The standard InChI is InChI=1S/C29H33N5O3/c1-29(2,3)37-28(36)34-23-11-9-21(14-23)26(34)27(35)32-22(16-30)13-18-5-7-19(8-6-18)20-10-12-25-24(15-20)31-17-33(25)4/h5-8,10,12,15,17,21-23,26H,9,11,13-14H2,1-4H3,(H,32,35)/t21-,22-,23+,26-/m0/s1. The number of aryl methyl sites for hydroxylation is 1. The minimum Gasteiger partial charge on any atom is -0.444 e. The highest BCUT2D eigenvalue weighted by Gasteiger charge is 2.52. The predicted molar refractivity (Wildman–Crippen MR) is 140 cm³/mol. The Morgan fingerprint density at radius 2 is 1.89 bits per heavy atom. The van der Waals surface area contributed by atoms with E-state index in [0.717, 1.165) is 47.0 Å². The van der Waals surface area contributed by atoms with E-state index in [1.807, 2.05) is 56.7 Å². The zero-order valence-corrected chi connectivity index (χ0v) is 21.8. The fraction of sp³-hybridized carbons (Fsp3) is 0.448. The van der Waals surface area contributed by atoms with E-state index in [1.165, 1.54) is 0 Å². The third-order valence-electron chi connectivity index (χ3n) is 7.38. The first-order valence-corrected chi connectivity index (χ1v) is 12.8. The van der Waals surface area contributed by atoms with Crippen LogP contribution < -0.4 is 5.32 Å². The van der Waals surface area contributed by atoms with Crippen LogP contribution in [0, 0.1) is 17.2 Å². The van der Waals surface area contributed by atoms with Gasteiger partial charge in [0, 0.05) is 19.5 Å². The Morgan fingerprint density at radius 1 is 1.16 bits per heavy atom. The summed E-state index contributed by atoms with van der Waals surface area (Å²) < 4.78 is 7.58. The Kier molecular flexibility index (Phi) is 6.40. The van der Waals surface area contributed by atoms with Crippen LogP contribution in [0.1, 0.15) is 45.6 Å². The summed E-state index contributed by atoms with van der Waals surface area (Å²) >= 11 is 0. The summed E-state index contributed by atoms with van der Waals surface area (Å²) in [4.78, 5) is 32.2. The molecule has 4 atom stereocenters. The number of nitrogens with one attached hydrogen (secondary N) is 1. The largest absolute Gasteiger partial charge is 0.444 e. The average molecular weight is 500 g/mol. The van der Waals surface area contributed by atoms with Gasteiger partial charge in [-0.15, -0.1) is 0 Å². The molecule has 2 aliphatic rings. The van der Waals surface area contributed by atoms with Crippen LogP contribution in [-0.2, 0) is 23.0 Å². The number of imidazole rings is 1. The van der Waals surface area contributed by atoms with Gasteiger partial charge in [-0.25, -0.2) is 9.78 Å². The van der Waals surface area contributed by atoms with Crippen molar-refractivity contribution in [1.82, 2.24) is 19.8 Å². The fourth-order valence-electron chi connectivity index (χ4n) is 5.67. The Balaban J connectivity index is 1.25. The SMILES string of the molecule is Cn1cnc2cc(-c3ccc(C[C@@H](C#N)NC(=O)[C@@H]4[C@H]5CC[C@H](C5)N4C(=O)OC(C)(C)C)cc3)ccc21. The van der Waals surface area contributed by atoms with E-state index in [1.54, 1.807) is 11.2 Å². The molecule has 0 unspecified atom stereocenters. The van der Waals surface area contributed by atoms with E-state index < -0.39 is 23.8 Å². The first-order valence-electron chi connectivity index (χ1n) is 12.8. The summed E-state index contributed by atoms with van der Waals surface area (Å²) in [6.45, 7) is 5.46. The summed E-state index contributed by atoms with van der Waals surface area (Å²) in [5.74, 6) is -0.169. The molecule has 37 heavy (non-hydrogen) atoms. The number of benzene rings is 2. The highest BCUT2D eigenvalue weighted by atomic mass is 16.6. The average Bonchev–Trinajstić information content (AvgIpc) is 3.57. The molecule has 2 bridgehead atoms. The lowest BCUT2D eigenvalue weighted by molar-refractivity contribution is -0.128. The second-order valence-corrected chi connectivity index (χ2v) is 11.2. The summed E-state index contributed by atoms with van der Waals surface area (Å²) in [5, 5.41) is 12.7. The number of rotatable bonds is 5. The number of piperidine rings is 1. The Hall–Kier alpha value is -3.86. The quantitative estimate of drug-likeness (QED) is 0.554. The molecule has 2 fully saturated rings. The number of amides is 2. The molecule has 2 amide bonds. The number of carbonyl (C=O) groups excluding carboxylic acids is 2. The topological polar surface area (TPSA) is 100 Å². The normalized spacial score (nSPS) is 21.6. The lowest BCUT2D eigenvalue weighted by atomic mass is 9.97. The Labute approximate surface area is 217 Å². The molecule has 192 valence electrons. The van der Waals surface area contributed by atoms with E-state index in [4.69, 9.17) is 4.74 Å². The third kappa shape index (κ3) is 5.04. The molecule has 0 spiro atoms. The summed E-state index contributed by atoms with van der Waals surface area (Å²) in [6.07, 6.45) is 4.33. The minimum absolute atomic E-state index is 0.0222. The number of carbonyl (C=O) groups is 2. The molecule has 1 N–H and O–H groups in total. The zero-order valence-electron chi connectivity index (χ0n) is 21.8. The van der Waals surface area contributed by atoms with Gasteiger partial charge in [-0.05, 0) is 74.8 Å². The molecular weight excluding hydrogens is 466 g/mol. The number of aromatic nitrogens is 2. The predicted octanol–water partition coefficient (Wildman–Crippen LogP) is 4.58. The van der Waals surface area contributed by atoms with Crippen LogP contribution in [0.2, 0.25) is 0 Å². The lowest BCUT2D eigenvalue weighted by Gasteiger charge is -2.35. The van der Waals surface area contributed by atoms with Gasteiger partial charge in [0.2, 0.25) is 5.91 Å². The summed E-state index contributed by atoms with van der Waals surface area (Å²) in [6, 6.07) is 15.2. The first kappa shape index (κ1) is 24.8. The van der Waals surface area contributed by atoms with E-state index in [2.05, 4.69) is 34.6 Å². The molecule has 1 aliphatic carbocycles. The van der Waals surface area contributed by atoms with E-state index >= 15 is 0 Å². The molecular formula is C29H33N5O3. The smallest absolute Gasteiger partial charge is 0.411 e. The van der Waals surface area contributed by atoms with Crippen LogP contribution in [0.25, 0.3) is 22.2 Å². The molecule has 3 aromatic rings. The lowest BCUT2D eigenvalue weighted by Crippen LogP contribution is -2.55. The Bertz CT molecular complexity index is 1360. The summed E-state index contributed by atoms with van der Waals surface area (Å²) in [5.41, 5.74) is 4.47. The van der Waals surface area contributed by atoms with Gasteiger partial charge in [0.25, 0.3) is 0 Å². The second-order valence-electron chi connectivity index (χ2n) is 11.2. The zero-order chi connectivity index (χ0) is 26.3. The number of hydrogen-bond acceptors (Lipinski definition) is 5. The first-order chi connectivity index (χ1) is 17.6. The number of likely N-dealkylation sites (tertiary alicyclic amines) is 1. The minimum atomic E-state index is -0.692. The van der Waals surface area contributed by atoms with Crippen molar-refractivity contribution >= 4 is 23.0 Å². The summed E-state index contributed by atoms with van der Waals surface area (Å²) in [7, 11) is 1.97. The molecule has 0 radical (unpaired) electrons.